The van der Waals surface area contributed by atoms with Crippen LogP contribution in [0.5, 0.6) is 0 Å². The Bertz CT molecular complexity index is 479. The van der Waals surface area contributed by atoms with Gasteiger partial charge in [0, 0.05) is 18.2 Å². The average Bonchev–Trinajstić information content (AvgIpc) is 2.26. The van der Waals surface area contributed by atoms with E-state index in [-0.39, 0.29) is 17.3 Å². The molecule has 90 valence electrons. The standard InChI is InChI=1S/C12H13NO4/c1-7(14)9-4-10(12(16)17-3)6-11(5-9)13-8(2)15/h4-6H,1-3H3,(H,13,15). The number of nitrogens with one attached hydrogen (secondary N) is 1. The number of benzene rings is 1. The minimum atomic E-state index is -0.556. The first-order valence-electron chi connectivity index (χ1n) is 4.96. The fourth-order valence-electron chi connectivity index (χ4n) is 1.34. The lowest BCUT2D eigenvalue weighted by atomic mass is 10.1. The second-order valence-corrected chi connectivity index (χ2v) is 3.53. The Kier molecular flexibility index (Phi) is 3.98. The van der Waals surface area contributed by atoms with Crippen LogP contribution in [0.25, 0.3) is 0 Å². The molecule has 0 atom stereocenters. The number of esters is 1. The molecule has 17 heavy (non-hydrogen) atoms. The number of anilines is 1. The maximum atomic E-state index is 11.4. The lowest BCUT2D eigenvalue weighted by Gasteiger charge is -2.07. The molecule has 5 nitrogen and oxygen atoms in total. The molecule has 0 saturated heterocycles. The minimum absolute atomic E-state index is 0.192. The van der Waals surface area contributed by atoms with E-state index in [1.807, 2.05) is 0 Å². The van der Waals surface area contributed by atoms with Crippen LogP contribution in [-0.4, -0.2) is 24.8 Å². The summed E-state index contributed by atoms with van der Waals surface area (Å²) in [4.78, 5) is 33.6. The number of carbonyl (C=O) groups is 3. The van der Waals surface area contributed by atoms with E-state index < -0.39 is 5.97 Å². The topological polar surface area (TPSA) is 72.5 Å². The molecule has 0 aliphatic rings. The van der Waals surface area contributed by atoms with E-state index in [4.69, 9.17) is 0 Å². The number of ether oxygens (including phenoxy) is 1. The van der Waals surface area contributed by atoms with Crippen LogP contribution < -0.4 is 5.32 Å². The molecule has 1 aromatic rings. The lowest BCUT2D eigenvalue weighted by molar-refractivity contribution is -0.114. The van der Waals surface area contributed by atoms with Gasteiger partial charge in [-0.15, -0.1) is 0 Å². The zero-order valence-electron chi connectivity index (χ0n) is 9.87. The summed E-state index contributed by atoms with van der Waals surface area (Å²) in [6.45, 7) is 2.73. The Morgan fingerprint density at radius 1 is 1.06 bits per heavy atom. The third-order valence-electron chi connectivity index (χ3n) is 2.08. The zero-order chi connectivity index (χ0) is 13.0. The van der Waals surface area contributed by atoms with Crippen molar-refractivity contribution in [3.8, 4) is 0 Å². The van der Waals surface area contributed by atoms with E-state index in [9.17, 15) is 14.4 Å². The quantitative estimate of drug-likeness (QED) is 0.638. The fraction of sp³-hybridized carbons (Fsp3) is 0.250. The molecule has 1 N–H and O–H groups in total. The Morgan fingerprint density at radius 2 is 1.65 bits per heavy atom. The summed E-state index contributed by atoms with van der Waals surface area (Å²) >= 11 is 0. The Balaban J connectivity index is 3.23. The summed E-state index contributed by atoms with van der Waals surface area (Å²) in [6.07, 6.45) is 0. The molecule has 0 aliphatic carbocycles. The SMILES string of the molecule is COC(=O)c1cc(NC(C)=O)cc(C(C)=O)c1. The molecule has 0 fully saturated rings. The zero-order valence-corrected chi connectivity index (χ0v) is 9.87. The highest BCUT2D eigenvalue weighted by atomic mass is 16.5. The van der Waals surface area contributed by atoms with Crippen LogP contribution in [0.3, 0.4) is 0 Å². The monoisotopic (exact) mass is 235 g/mol. The van der Waals surface area contributed by atoms with Crippen LogP contribution in [-0.2, 0) is 9.53 Å². The number of amides is 1. The number of carbonyl (C=O) groups excluding carboxylic acids is 3. The summed E-state index contributed by atoms with van der Waals surface area (Å²) in [6, 6.07) is 4.40. The van der Waals surface area contributed by atoms with Crippen LogP contribution in [0.2, 0.25) is 0 Å². The van der Waals surface area contributed by atoms with Crippen molar-refractivity contribution in [2.24, 2.45) is 0 Å². The van der Waals surface area contributed by atoms with Crippen LogP contribution in [0.15, 0.2) is 18.2 Å². The van der Waals surface area contributed by atoms with Gasteiger partial charge in [0.05, 0.1) is 12.7 Å². The van der Waals surface area contributed by atoms with Crippen LogP contribution in [0.4, 0.5) is 5.69 Å². The third-order valence-corrected chi connectivity index (χ3v) is 2.08. The van der Waals surface area contributed by atoms with Crippen molar-refractivity contribution in [2.45, 2.75) is 13.8 Å². The van der Waals surface area contributed by atoms with Crippen molar-refractivity contribution in [1.82, 2.24) is 0 Å². The number of hydrogen-bond acceptors (Lipinski definition) is 4. The molecule has 0 bridgehead atoms. The molecule has 1 aromatic carbocycles. The second-order valence-electron chi connectivity index (χ2n) is 3.53. The van der Waals surface area contributed by atoms with Crippen LogP contribution >= 0.6 is 0 Å². The van der Waals surface area contributed by atoms with Crippen molar-refractivity contribution in [3.05, 3.63) is 29.3 Å². The van der Waals surface area contributed by atoms with Gasteiger partial charge in [0.1, 0.15) is 0 Å². The largest absolute Gasteiger partial charge is 0.465 e. The number of ketones is 1. The predicted octanol–water partition coefficient (Wildman–Crippen LogP) is 1.63. The molecule has 0 saturated carbocycles. The average molecular weight is 235 g/mol. The van der Waals surface area contributed by atoms with Gasteiger partial charge in [-0.05, 0) is 25.1 Å². The maximum Gasteiger partial charge on any atom is 0.337 e. The number of hydrogen-bond donors (Lipinski definition) is 1. The van der Waals surface area contributed by atoms with E-state index in [0.29, 0.717) is 11.3 Å². The summed E-state index contributed by atoms with van der Waals surface area (Å²) in [5.41, 5.74) is 0.964. The summed E-state index contributed by atoms with van der Waals surface area (Å²) in [5, 5.41) is 2.52. The first-order valence-corrected chi connectivity index (χ1v) is 4.96. The molecule has 0 unspecified atom stereocenters. The molecule has 1 amide bonds. The molecule has 5 heteroatoms. The van der Waals surface area contributed by atoms with Crippen molar-refractivity contribution in [2.75, 3.05) is 12.4 Å². The number of rotatable bonds is 3. The van der Waals surface area contributed by atoms with Crippen LogP contribution in [0, 0.1) is 0 Å². The summed E-state index contributed by atoms with van der Waals surface area (Å²) < 4.78 is 4.57. The normalized spacial score (nSPS) is 9.59. The van der Waals surface area contributed by atoms with Gasteiger partial charge in [0.15, 0.2) is 5.78 Å². The molecule has 1 rings (SSSR count). The Labute approximate surface area is 98.8 Å². The molecular formula is C12H13NO4. The molecule has 0 aliphatic heterocycles. The Hall–Kier alpha value is -2.17. The minimum Gasteiger partial charge on any atom is -0.465 e. The number of methoxy groups -OCH3 is 1. The van der Waals surface area contributed by atoms with Gasteiger partial charge in [-0.2, -0.15) is 0 Å². The maximum absolute atomic E-state index is 11.4. The van der Waals surface area contributed by atoms with Crippen molar-refractivity contribution in [1.29, 1.82) is 0 Å². The first kappa shape index (κ1) is 12.9. The smallest absolute Gasteiger partial charge is 0.337 e. The molecule has 0 spiro atoms. The van der Waals surface area contributed by atoms with Gasteiger partial charge >= 0.3 is 5.97 Å². The van der Waals surface area contributed by atoms with Gasteiger partial charge in [0.2, 0.25) is 5.91 Å². The Morgan fingerprint density at radius 3 is 2.12 bits per heavy atom. The van der Waals surface area contributed by atoms with Gasteiger partial charge in [-0.25, -0.2) is 4.79 Å². The van der Waals surface area contributed by atoms with E-state index in [2.05, 4.69) is 10.1 Å². The van der Waals surface area contributed by atoms with Gasteiger partial charge in [-0.1, -0.05) is 0 Å². The summed E-state index contributed by atoms with van der Waals surface area (Å²) in [5.74, 6) is -1.02. The molecular weight excluding hydrogens is 222 g/mol. The van der Waals surface area contributed by atoms with E-state index in [1.165, 1.54) is 39.2 Å². The lowest BCUT2D eigenvalue weighted by Crippen LogP contribution is -2.09. The predicted molar refractivity (Wildman–Crippen MR) is 62.1 cm³/mol. The third kappa shape index (κ3) is 3.41. The van der Waals surface area contributed by atoms with E-state index >= 15 is 0 Å². The van der Waals surface area contributed by atoms with Gasteiger partial charge in [-0.3, -0.25) is 9.59 Å². The second kappa shape index (κ2) is 5.25. The highest BCUT2D eigenvalue weighted by Gasteiger charge is 2.11. The molecule has 0 radical (unpaired) electrons. The fourth-order valence-corrected chi connectivity index (χ4v) is 1.34. The van der Waals surface area contributed by atoms with Gasteiger partial charge < -0.3 is 10.1 Å². The van der Waals surface area contributed by atoms with Crippen molar-refractivity contribution >= 4 is 23.3 Å². The highest BCUT2D eigenvalue weighted by Crippen LogP contribution is 2.16. The van der Waals surface area contributed by atoms with Crippen molar-refractivity contribution < 1.29 is 19.1 Å². The van der Waals surface area contributed by atoms with E-state index in [0.717, 1.165) is 0 Å². The van der Waals surface area contributed by atoms with E-state index in [1.54, 1.807) is 0 Å². The van der Waals surface area contributed by atoms with Crippen LogP contribution in [0.1, 0.15) is 34.6 Å². The number of Topliss-reactive ketones (excluding diaryl/α,β-unsaturated/α-hetero) is 1. The molecule has 0 aromatic heterocycles. The highest BCUT2D eigenvalue weighted by molar-refractivity contribution is 6.00. The molecule has 0 heterocycles. The summed E-state index contributed by atoms with van der Waals surface area (Å²) in [7, 11) is 1.25. The van der Waals surface area contributed by atoms with Crippen molar-refractivity contribution in [3.63, 3.8) is 0 Å². The van der Waals surface area contributed by atoms with Gasteiger partial charge in [0.25, 0.3) is 0 Å². The first-order chi connectivity index (χ1) is 7.93.